The smallest absolute Gasteiger partial charge is 0.255 e. The number of anilines is 1. The lowest BCUT2D eigenvalue weighted by Gasteiger charge is -2.13. The summed E-state index contributed by atoms with van der Waals surface area (Å²) in [6, 6.07) is 11.1. The van der Waals surface area contributed by atoms with Crippen LogP contribution in [0.1, 0.15) is 41.4 Å². The van der Waals surface area contributed by atoms with Crippen LogP contribution in [0.3, 0.4) is 0 Å². The highest BCUT2D eigenvalue weighted by Gasteiger charge is 2.21. The van der Waals surface area contributed by atoms with E-state index in [-0.39, 0.29) is 24.3 Å². The van der Waals surface area contributed by atoms with E-state index >= 15 is 0 Å². The zero-order chi connectivity index (χ0) is 21.0. The molecule has 0 aliphatic rings. The van der Waals surface area contributed by atoms with E-state index in [2.05, 4.69) is 36.6 Å². The Labute approximate surface area is 177 Å². The molecule has 2 aromatic heterocycles. The molecule has 1 aromatic carbocycles. The number of aryl methyl sites for hydroxylation is 1. The maximum atomic E-state index is 12.7. The van der Waals surface area contributed by atoms with Crippen LogP contribution in [0, 0.1) is 6.92 Å². The number of pyridine rings is 1. The molecule has 0 spiro atoms. The van der Waals surface area contributed by atoms with Crippen LogP contribution in [0.15, 0.2) is 53.3 Å². The Balaban J connectivity index is 1.71. The van der Waals surface area contributed by atoms with Crippen LogP contribution in [-0.2, 0) is 4.79 Å². The van der Waals surface area contributed by atoms with Crippen molar-refractivity contribution in [2.24, 2.45) is 0 Å². The molecular weight excluding hydrogens is 434 g/mol. The summed E-state index contributed by atoms with van der Waals surface area (Å²) in [4.78, 5) is 29.3. The first-order chi connectivity index (χ1) is 13.9. The van der Waals surface area contributed by atoms with Gasteiger partial charge in [-0.2, -0.15) is 5.10 Å². The summed E-state index contributed by atoms with van der Waals surface area (Å²) in [5.41, 5.74) is 2.81. The molecule has 150 valence electrons. The predicted molar refractivity (Wildman–Crippen MR) is 115 cm³/mol. The molecule has 2 N–H and O–H groups in total. The van der Waals surface area contributed by atoms with Crippen LogP contribution < -0.4 is 10.6 Å². The second-order valence-electron chi connectivity index (χ2n) is 6.89. The first-order valence-electron chi connectivity index (χ1n) is 9.20. The number of rotatable bonds is 6. The summed E-state index contributed by atoms with van der Waals surface area (Å²) < 4.78 is 2.60. The second-order valence-corrected chi connectivity index (χ2v) is 7.80. The van der Waals surface area contributed by atoms with E-state index in [0.29, 0.717) is 17.1 Å². The summed E-state index contributed by atoms with van der Waals surface area (Å²) in [6.07, 6.45) is 3.19. The van der Waals surface area contributed by atoms with E-state index in [1.807, 2.05) is 57.2 Å². The molecule has 0 aliphatic carbocycles. The van der Waals surface area contributed by atoms with Gasteiger partial charge in [-0.25, -0.2) is 9.67 Å². The van der Waals surface area contributed by atoms with Crippen LogP contribution in [0.4, 0.5) is 5.69 Å². The number of carbonyl (C=O) groups excluding carboxylic acids is 2. The molecule has 2 heterocycles. The summed E-state index contributed by atoms with van der Waals surface area (Å²) in [7, 11) is 0. The van der Waals surface area contributed by atoms with Crippen molar-refractivity contribution < 1.29 is 9.59 Å². The molecule has 0 radical (unpaired) electrons. The molecule has 7 nitrogen and oxygen atoms in total. The van der Waals surface area contributed by atoms with Gasteiger partial charge in [0.1, 0.15) is 0 Å². The third kappa shape index (κ3) is 4.89. The van der Waals surface area contributed by atoms with Gasteiger partial charge in [0.2, 0.25) is 5.91 Å². The standard InChI is InChI=1S/C21H22BrN5O2/c1-13(2)20-16(11-25-27(20)18-6-4-5-9-23-18)21(29)24-12-19(28)26-17-8-7-15(22)10-14(17)3/h4-11,13H,12H2,1-3H3,(H,24,29)(H,26,28). The second kappa shape index (κ2) is 9.00. The monoisotopic (exact) mass is 455 g/mol. The molecule has 3 aromatic rings. The number of halogens is 1. The largest absolute Gasteiger partial charge is 0.343 e. The average molecular weight is 456 g/mol. The molecular formula is C21H22BrN5O2. The Morgan fingerprint density at radius 2 is 2.00 bits per heavy atom. The highest BCUT2D eigenvalue weighted by atomic mass is 79.9. The minimum atomic E-state index is -0.349. The summed E-state index contributed by atoms with van der Waals surface area (Å²) >= 11 is 3.39. The van der Waals surface area contributed by atoms with Crippen LogP contribution in [0.25, 0.3) is 5.82 Å². The minimum absolute atomic E-state index is 0.0412. The zero-order valence-electron chi connectivity index (χ0n) is 16.4. The van der Waals surface area contributed by atoms with Crippen LogP contribution in [-0.4, -0.2) is 33.1 Å². The third-order valence-electron chi connectivity index (χ3n) is 4.34. The van der Waals surface area contributed by atoms with E-state index in [4.69, 9.17) is 0 Å². The van der Waals surface area contributed by atoms with Gasteiger partial charge in [0, 0.05) is 16.4 Å². The van der Waals surface area contributed by atoms with Crippen molar-refractivity contribution in [3.8, 4) is 5.82 Å². The Hall–Kier alpha value is -3.00. The quantitative estimate of drug-likeness (QED) is 0.590. The lowest BCUT2D eigenvalue weighted by molar-refractivity contribution is -0.115. The molecule has 0 fully saturated rings. The fraction of sp³-hybridized carbons (Fsp3) is 0.238. The molecule has 0 atom stereocenters. The summed E-state index contributed by atoms with van der Waals surface area (Å²) in [6.45, 7) is 5.73. The van der Waals surface area contributed by atoms with E-state index < -0.39 is 0 Å². The van der Waals surface area contributed by atoms with Crippen molar-refractivity contribution in [3.05, 3.63) is 70.1 Å². The Bertz CT molecular complexity index is 1030. The number of aromatic nitrogens is 3. The number of amides is 2. The molecule has 0 unspecified atom stereocenters. The van der Waals surface area contributed by atoms with E-state index in [1.54, 1.807) is 10.9 Å². The van der Waals surface area contributed by atoms with Gasteiger partial charge >= 0.3 is 0 Å². The van der Waals surface area contributed by atoms with E-state index in [1.165, 1.54) is 6.20 Å². The molecule has 2 amide bonds. The zero-order valence-corrected chi connectivity index (χ0v) is 18.0. The molecule has 8 heteroatoms. The Kier molecular flexibility index (Phi) is 6.43. The maximum Gasteiger partial charge on any atom is 0.255 e. The number of benzene rings is 1. The summed E-state index contributed by atoms with van der Waals surface area (Å²) in [5.74, 6) is 0.0313. The van der Waals surface area contributed by atoms with Gasteiger partial charge in [0.15, 0.2) is 5.82 Å². The van der Waals surface area contributed by atoms with Gasteiger partial charge in [-0.1, -0.05) is 35.8 Å². The fourth-order valence-electron chi connectivity index (χ4n) is 2.97. The lowest BCUT2D eigenvalue weighted by atomic mass is 10.1. The molecule has 0 saturated heterocycles. The van der Waals surface area contributed by atoms with Crippen molar-refractivity contribution >= 4 is 33.4 Å². The van der Waals surface area contributed by atoms with E-state index in [0.717, 1.165) is 15.7 Å². The van der Waals surface area contributed by atoms with Gasteiger partial charge in [-0.3, -0.25) is 9.59 Å². The Morgan fingerprint density at radius 3 is 2.66 bits per heavy atom. The topological polar surface area (TPSA) is 88.9 Å². The average Bonchev–Trinajstić information content (AvgIpc) is 3.14. The highest BCUT2D eigenvalue weighted by molar-refractivity contribution is 9.10. The number of hydrogen-bond donors (Lipinski definition) is 2. The van der Waals surface area contributed by atoms with Gasteiger partial charge in [-0.05, 0) is 48.7 Å². The van der Waals surface area contributed by atoms with Crippen LogP contribution in [0.2, 0.25) is 0 Å². The molecule has 3 rings (SSSR count). The lowest BCUT2D eigenvalue weighted by Crippen LogP contribution is -2.33. The van der Waals surface area contributed by atoms with Crippen molar-refractivity contribution in [2.45, 2.75) is 26.7 Å². The van der Waals surface area contributed by atoms with Crippen LogP contribution >= 0.6 is 15.9 Å². The van der Waals surface area contributed by atoms with E-state index in [9.17, 15) is 9.59 Å². The van der Waals surface area contributed by atoms with Crippen molar-refractivity contribution in [1.29, 1.82) is 0 Å². The van der Waals surface area contributed by atoms with Gasteiger partial charge in [0.25, 0.3) is 5.91 Å². The number of nitrogens with one attached hydrogen (secondary N) is 2. The minimum Gasteiger partial charge on any atom is -0.343 e. The van der Waals surface area contributed by atoms with Gasteiger partial charge < -0.3 is 10.6 Å². The first kappa shape index (κ1) is 20.7. The first-order valence-corrected chi connectivity index (χ1v) is 9.99. The van der Waals surface area contributed by atoms with Crippen LogP contribution in [0.5, 0.6) is 0 Å². The van der Waals surface area contributed by atoms with Crippen molar-refractivity contribution in [3.63, 3.8) is 0 Å². The summed E-state index contributed by atoms with van der Waals surface area (Å²) in [5, 5.41) is 9.82. The number of carbonyl (C=O) groups is 2. The third-order valence-corrected chi connectivity index (χ3v) is 4.83. The maximum absolute atomic E-state index is 12.7. The van der Waals surface area contributed by atoms with Gasteiger partial charge in [-0.15, -0.1) is 0 Å². The molecule has 0 aliphatic heterocycles. The predicted octanol–water partition coefficient (Wildman–Crippen LogP) is 3.83. The normalized spacial score (nSPS) is 10.8. The SMILES string of the molecule is Cc1cc(Br)ccc1NC(=O)CNC(=O)c1cnn(-c2ccccn2)c1C(C)C. The van der Waals surface area contributed by atoms with Gasteiger partial charge in [0.05, 0.1) is 24.0 Å². The Morgan fingerprint density at radius 1 is 1.21 bits per heavy atom. The molecule has 29 heavy (non-hydrogen) atoms. The molecule has 0 saturated carbocycles. The number of hydrogen-bond acceptors (Lipinski definition) is 4. The highest BCUT2D eigenvalue weighted by Crippen LogP contribution is 2.22. The fourth-order valence-corrected chi connectivity index (χ4v) is 3.44. The number of nitrogens with zero attached hydrogens (tertiary/aromatic N) is 3. The van der Waals surface area contributed by atoms with Crippen molar-refractivity contribution in [2.75, 3.05) is 11.9 Å². The van der Waals surface area contributed by atoms with Crippen molar-refractivity contribution in [1.82, 2.24) is 20.1 Å². The molecule has 0 bridgehead atoms.